The maximum Gasteiger partial charge on any atom is 0.166 e. The Balaban J connectivity index is 2.06. The second-order valence-corrected chi connectivity index (χ2v) is 5.82. The predicted octanol–water partition coefficient (Wildman–Crippen LogP) is 3.24. The van der Waals surface area contributed by atoms with Crippen LogP contribution in [0, 0.1) is 5.82 Å². The first-order valence-electron chi connectivity index (χ1n) is 6.53. The second-order valence-electron chi connectivity index (χ2n) is 5.82. The van der Waals surface area contributed by atoms with Gasteiger partial charge in [-0.3, -0.25) is 4.68 Å². The molecule has 0 fully saturated rings. The highest BCUT2D eigenvalue weighted by atomic mass is 19.1. The molecule has 0 saturated heterocycles. The summed E-state index contributed by atoms with van der Waals surface area (Å²) >= 11 is 0. The zero-order valence-electron chi connectivity index (χ0n) is 12.3. The van der Waals surface area contributed by atoms with Crippen LogP contribution in [0.15, 0.2) is 30.6 Å². The first kappa shape index (κ1) is 14.5. The molecule has 20 heavy (non-hydrogen) atoms. The van der Waals surface area contributed by atoms with E-state index in [0.29, 0.717) is 12.3 Å². The summed E-state index contributed by atoms with van der Waals surface area (Å²) < 4.78 is 21.0. The molecule has 0 atom stereocenters. The number of nitrogens with one attached hydrogen (secondary N) is 1. The van der Waals surface area contributed by atoms with E-state index in [1.54, 1.807) is 30.2 Å². The Hall–Kier alpha value is -1.88. The van der Waals surface area contributed by atoms with Gasteiger partial charge in [0, 0.05) is 19.1 Å². The minimum atomic E-state index is -0.373. The molecule has 0 unspecified atom stereocenters. The molecule has 0 aliphatic rings. The van der Waals surface area contributed by atoms with E-state index in [4.69, 9.17) is 4.74 Å². The second kappa shape index (κ2) is 5.63. The maximum atomic E-state index is 14.0. The van der Waals surface area contributed by atoms with Crippen LogP contribution in [0.3, 0.4) is 0 Å². The molecular weight excluding hydrogens is 257 g/mol. The van der Waals surface area contributed by atoms with Crippen LogP contribution in [0.2, 0.25) is 0 Å². The molecule has 108 valence electrons. The number of hydrogen-bond donors (Lipinski definition) is 1. The van der Waals surface area contributed by atoms with Crippen LogP contribution in [0.5, 0.6) is 11.5 Å². The lowest BCUT2D eigenvalue weighted by Crippen LogP contribution is -2.35. The number of rotatable bonds is 4. The molecule has 0 aliphatic carbocycles. The van der Waals surface area contributed by atoms with Gasteiger partial charge in [0.2, 0.25) is 0 Å². The molecule has 0 spiro atoms. The molecule has 1 aromatic carbocycles. The Kier molecular flexibility index (Phi) is 4.09. The van der Waals surface area contributed by atoms with Crippen LogP contribution in [0.1, 0.15) is 26.3 Å². The van der Waals surface area contributed by atoms with Crippen LogP contribution >= 0.6 is 0 Å². The predicted molar refractivity (Wildman–Crippen MR) is 76.3 cm³/mol. The van der Waals surface area contributed by atoms with Gasteiger partial charge in [-0.15, -0.1) is 0 Å². The molecule has 0 aliphatic heterocycles. The Morgan fingerprint density at radius 1 is 1.35 bits per heavy atom. The van der Waals surface area contributed by atoms with E-state index in [9.17, 15) is 4.39 Å². The quantitative estimate of drug-likeness (QED) is 0.932. The summed E-state index contributed by atoms with van der Waals surface area (Å²) in [6, 6.07) is 4.99. The van der Waals surface area contributed by atoms with E-state index in [2.05, 4.69) is 31.2 Å². The first-order valence-corrected chi connectivity index (χ1v) is 6.53. The van der Waals surface area contributed by atoms with E-state index < -0.39 is 0 Å². The molecule has 5 heteroatoms. The summed E-state index contributed by atoms with van der Waals surface area (Å²) in [5.41, 5.74) is 0.886. The largest absolute Gasteiger partial charge is 0.451 e. The molecule has 0 amide bonds. The SMILES string of the molecule is Cn1cc(Oc2ccc(CNC(C)(C)C)cc2F)cn1. The van der Waals surface area contributed by atoms with Gasteiger partial charge in [0.05, 0.1) is 12.4 Å². The van der Waals surface area contributed by atoms with Gasteiger partial charge in [-0.05, 0) is 38.5 Å². The average Bonchev–Trinajstić information content (AvgIpc) is 2.74. The Morgan fingerprint density at radius 3 is 2.65 bits per heavy atom. The summed E-state index contributed by atoms with van der Waals surface area (Å²) in [6.45, 7) is 6.84. The van der Waals surface area contributed by atoms with E-state index in [1.165, 1.54) is 6.07 Å². The van der Waals surface area contributed by atoms with Crippen molar-refractivity contribution >= 4 is 0 Å². The number of hydrogen-bond acceptors (Lipinski definition) is 3. The van der Waals surface area contributed by atoms with E-state index in [1.807, 2.05) is 6.07 Å². The number of halogens is 1. The van der Waals surface area contributed by atoms with E-state index in [-0.39, 0.29) is 17.1 Å². The van der Waals surface area contributed by atoms with Crippen molar-refractivity contribution < 1.29 is 9.13 Å². The Morgan fingerprint density at radius 2 is 2.10 bits per heavy atom. The van der Waals surface area contributed by atoms with Crippen molar-refractivity contribution in [2.75, 3.05) is 0 Å². The lowest BCUT2D eigenvalue weighted by Gasteiger charge is -2.20. The van der Waals surface area contributed by atoms with E-state index >= 15 is 0 Å². The van der Waals surface area contributed by atoms with Crippen LogP contribution in [0.4, 0.5) is 4.39 Å². The van der Waals surface area contributed by atoms with Gasteiger partial charge in [-0.2, -0.15) is 5.10 Å². The number of aryl methyl sites for hydroxylation is 1. The van der Waals surface area contributed by atoms with Crippen molar-refractivity contribution in [1.29, 1.82) is 0 Å². The highest BCUT2D eigenvalue weighted by Crippen LogP contribution is 2.24. The first-order chi connectivity index (χ1) is 9.33. The summed E-state index contributed by atoms with van der Waals surface area (Å²) in [6.07, 6.45) is 3.24. The third-order valence-electron chi connectivity index (χ3n) is 2.73. The van der Waals surface area contributed by atoms with Gasteiger partial charge in [0.1, 0.15) is 0 Å². The third-order valence-corrected chi connectivity index (χ3v) is 2.73. The highest BCUT2D eigenvalue weighted by molar-refractivity contribution is 5.33. The van der Waals surface area contributed by atoms with Gasteiger partial charge < -0.3 is 10.1 Å². The molecular formula is C15H20FN3O. The minimum Gasteiger partial charge on any atom is -0.451 e. The maximum absolute atomic E-state index is 14.0. The van der Waals surface area contributed by atoms with Gasteiger partial charge in [0.15, 0.2) is 17.3 Å². The molecule has 1 N–H and O–H groups in total. The zero-order valence-corrected chi connectivity index (χ0v) is 12.3. The molecule has 0 radical (unpaired) electrons. The molecule has 1 heterocycles. The zero-order chi connectivity index (χ0) is 14.8. The van der Waals surface area contributed by atoms with Crippen molar-refractivity contribution in [3.8, 4) is 11.5 Å². The molecule has 0 saturated carbocycles. The number of aromatic nitrogens is 2. The van der Waals surface area contributed by atoms with Crippen molar-refractivity contribution in [3.63, 3.8) is 0 Å². The van der Waals surface area contributed by atoms with Gasteiger partial charge in [-0.1, -0.05) is 6.07 Å². The number of ether oxygens (including phenoxy) is 1. The topological polar surface area (TPSA) is 39.1 Å². The van der Waals surface area contributed by atoms with Crippen molar-refractivity contribution in [2.45, 2.75) is 32.9 Å². The van der Waals surface area contributed by atoms with Gasteiger partial charge in [-0.25, -0.2) is 4.39 Å². The summed E-state index contributed by atoms with van der Waals surface area (Å²) in [4.78, 5) is 0. The van der Waals surface area contributed by atoms with E-state index in [0.717, 1.165) is 5.56 Å². The lowest BCUT2D eigenvalue weighted by atomic mass is 10.1. The van der Waals surface area contributed by atoms with Crippen molar-refractivity contribution in [3.05, 3.63) is 42.0 Å². The Bertz CT molecular complexity index is 587. The van der Waals surface area contributed by atoms with Crippen LogP contribution < -0.4 is 10.1 Å². The average molecular weight is 277 g/mol. The third kappa shape index (κ3) is 4.06. The molecule has 1 aromatic heterocycles. The molecule has 2 rings (SSSR count). The van der Waals surface area contributed by atoms with Gasteiger partial charge in [0.25, 0.3) is 0 Å². The molecule has 2 aromatic rings. The summed E-state index contributed by atoms with van der Waals surface area (Å²) in [5.74, 6) is 0.353. The lowest BCUT2D eigenvalue weighted by molar-refractivity contribution is 0.420. The highest BCUT2D eigenvalue weighted by Gasteiger charge is 2.11. The smallest absolute Gasteiger partial charge is 0.166 e. The number of benzene rings is 1. The fourth-order valence-corrected chi connectivity index (χ4v) is 1.68. The Labute approximate surface area is 118 Å². The normalized spacial score (nSPS) is 11.7. The van der Waals surface area contributed by atoms with Crippen molar-refractivity contribution in [1.82, 2.24) is 15.1 Å². The van der Waals surface area contributed by atoms with Crippen molar-refractivity contribution in [2.24, 2.45) is 7.05 Å². The molecule has 4 nitrogen and oxygen atoms in total. The monoisotopic (exact) mass is 277 g/mol. The van der Waals surface area contributed by atoms with Crippen LogP contribution in [-0.2, 0) is 13.6 Å². The minimum absolute atomic E-state index is 0.00134. The van der Waals surface area contributed by atoms with Crippen LogP contribution in [-0.4, -0.2) is 15.3 Å². The fraction of sp³-hybridized carbons (Fsp3) is 0.400. The fourth-order valence-electron chi connectivity index (χ4n) is 1.68. The summed E-state index contributed by atoms with van der Waals surface area (Å²) in [7, 11) is 1.78. The number of nitrogens with zero attached hydrogens (tertiary/aromatic N) is 2. The standard InChI is InChI=1S/C15H20FN3O/c1-15(2,3)17-8-11-5-6-14(13(16)7-11)20-12-9-18-19(4)10-12/h5-7,9-10,17H,8H2,1-4H3. The van der Waals surface area contributed by atoms with Gasteiger partial charge >= 0.3 is 0 Å². The molecule has 0 bridgehead atoms. The van der Waals surface area contributed by atoms with Crippen LogP contribution in [0.25, 0.3) is 0 Å². The summed E-state index contributed by atoms with van der Waals surface area (Å²) in [5, 5.41) is 7.29.